The highest BCUT2D eigenvalue weighted by molar-refractivity contribution is 5.74. The number of rotatable bonds is 4. The Bertz CT molecular complexity index is 300. The zero-order valence-electron chi connectivity index (χ0n) is 8.78. The van der Waals surface area contributed by atoms with Crippen molar-refractivity contribution >= 4 is 5.97 Å². The fraction of sp³-hybridized carbons (Fsp3) is 0.545. The first-order chi connectivity index (χ1) is 6.47. The van der Waals surface area contributed by atoms with E-state index < -0.39 is 11.4 Å². The van der Waals surface area contributed by atoms with E-state index in [0.29, 0.717) is 6.42 Å². The number of furan rings is 1. The van der Waals surface area contributed by atoms with Crippen molar-refractivity contribution in [2.75, 3.05) is 0 Å². The summed E-state index contributed by atoms with van der Waals surface area (Å²) in [6.45, 7) is 5.58. The van der Waals surface area contributed by atoms with E-state index in [1.54, 1.807) is 19.3 Å². The van der Waals surface area contributed by atoms with Crippen molar-refractivity contribution in [1.82, 2.24) is 0 Å². The van der Waals surface area contributed by atoms with Crippen molar-refractivity contribution in [2.24, 2.45) is 11.3 Å². The summed E-state index contributed by atoms with van der Waals surface area (Å²) in [4.78, 5) is 11.1. The number of aliphatic carboxylic acids is 1. The molecular weight excluding hydrogens is 180 g/mol. The molecule has 3 heteroatoms. The maximum Gasteiger partial charge on any atom is 0.310 e. The van der Waals surface area contributed by atoms with Gasteiger partial charge in [-0.3, -0.25) is 4.79 Å². The second kappa shape index (κ2) is 3.86. The van der Waals surface area contributed by atoms with Crippen LogP contribution in [-0.4, -0.2) is 11.1 Å². The van der Waals surface area contributed by atoms with Gasteiger partial charge in [0.15, 0.2) is 0 Å². The third-order valence-corrected chi connectivity index (χ3v) is 2.88. The average Bonchev–Trinajstić information content (AvgIpc) is 2.55. The molecule has 1 atom stereocenters. The average molecular weight is 196 g/mol. The van der Waals surface area contributed by atoms with Gasteiger partial charge in [-0.2, -0.15) is 0 Å². The smallest absolute Gasteiger partial charge is 0.310 e. The number of carboxylic acid groups (broad SMARTS) is 1. The highest BCUT2D eigenvalue weighted by Crippen LogP contribution is 2.31. The number of hydrogen-bond donors (Lipinski definition) is 1. The molecule has 1 rings (SSSR count). The molecule has 78 valence electrons. The van der Waals surface area contributed by atoms with Crippen molar-refractivity contribution in [3.05, 3.63) is 24.2 Å². The summed E-state index contributed by atoms with van der Waals surface area (Å²) < 4.78 is 5.17. The van der Waals surface area contributed by atoms with Gasteiger partial charge in [0.2, 0.25) is 0 Å². The zero-order chi connectivity index (χ0) is 10.8. The molecule has 0 aliphatic heterocycles. The third kappa shape index (κ3) is 1.97. The Labute approximate surface area is 83.7 Å². The molecule has 1 aromatic rings. The molecule has 3 nitrogen and oxygen atoms in total. The highest BCUT2D eigenvalue weighted by atomic mass is 16.4. The third-order valence-electron chi connectivity index (χ3n) is 2.88. The summed E-state index contributed by atoms with van der Waals surface area (Å²) in [6, 6.07) is 3.58. The quantitative estimate of drug-likeness (QED) is 0.805. The van der Waals surface area contributed by atoms with Crippen LogP contribution in [0.3, 0.4) is 0 Å². The monoisotopic (exact) mass is 196 g/mol. The lowest BCUT2D eigenvalue weighted by molar-refractivity contribution is -0.150. The van der Waals surface area contributed by atoms with E-state index in [1.807, 2.05) is 19.9 Å². The Balaban J connectivity index is 2.85. The fourth-order valence-corrected chi connectivity index (χ4v) is 1.30. The van der Waals surface area contributed by atoms with E-state index in [1.165, 1.54) is 0 Å². The SMILES string of the molecule is CC(C)C(C)(Cc1ccco1)C(=O)O. The summed E-state index contributed by atoms with van der Waals surface area (Å²) >= 11 is 0. The second-order valence-electron chi connectivity index (χ2n) is 4.13. The van der Waals surface area contributed by atoms with Gasteiger partial charge in [0, 0.05) is 6.42 Å². The van der Waals surface area contributed by atoms with Crippen molar-refractivity contribution in [3.8, 4) is 0 Å². The maximum absolute atomic E-state index is 11.1. The van der Waals surface area contributed by atoms with Gasteiger partial charge in [0.05, 0.1) is 11.7 Å². The van der Waals surface area contributed by atoms with Gasteiger partial charge in [-0.05, 0) is 25.0 Å². The Morgan fingerprint density at radius 2 is 2.29 bits per heavy atom. The van der Waals surface area contributed by atoms with Crippen LogP contribution in [0.1, 0.15) is 26.5 Å². The van der Waals surface area contributed by atoms with Gasteiger partial charge in [-0.15, -0.1) is 0 Å². The molecule has 1 aromatic heterocycles. The van der Waals surface area contributed by atoms with Crippen LogP contribution in [0.2, 0.25) is 0 Å². The zero-order valence-corrected chi connectivity index (χ0v) is 8.78. The van der Waals surface area contributed by atoms with Crippen LogP contribution >= 0.6 is 0 Å². The van der Waals surface area contributed by atoms with E-state index in [9.17, 15) is 4.79 Å². The topological polar surface area (TPSA) is 50.4 Å². The van der Waals surface area contributed by atoms with Crippen molar-refractivity contribution in [1.29, 1.82) is 0 Å². The normalized spacial score (nSPS) is 15.4. The molecular formula is C11H16O3. The molecule has 0 radical (unpaired) electrons. The summed E-state index contributed by atoms with van der Waals surface area (Å²) in [5, 5.41) is 9.16. The maximum atomic E-state index is 11.1. The molecule has 0 aliphatic carbocycles. The largest absolute Gasteiger partial charge is 0.481 e. The van der Waals surface area contributed by atoms with Crippen LogP contribution in [0.5, 0.6) is 0 Å². The first kappa shape index (κ1) is 10.8. The minimum absolute atomic E-state index is 0.0742. The lowest BCUT2D eigenvalue weighted by Gasteiger charge is -2.27. The molecule has 0 spiro atoms. The van der Waals surface area contributed by atoms with E-state index in [2.05, 4.69) is 0 Å². The molecule has 0 saturated carbocycles. The minimum atomic E-state index is -0.774. The molecule has 0 fully saturated rings. The first-order valence-electron chi connectivity index (χ1n) is 4.72. The van der Waals surface area contributed by atoms with E-state index >= 15 is 0 Å². The van der Waals surface area contributed by atoms with E-state index in [4.69, 9.17) is 9.52 Å². The Kier molecular flexibility index (Phi) is 2.99. The molecule has 1 unspecified atom stereocenters. The van der Waals surface area contributed by atoms with E-state index in [-0.39, 0.29) is 5.92 Å². The lowest BCUT2D eigenvalue weighted by atomic mass is 9.76. The first-order valence-corrected chi connectivity index (χ1v) is 4.72. The van der Waals surface area contributed by atoms with Crippen LogP contribution in [-0.2, 0) is 11.2 Å². The van der Waals surface area contributed by atoms with Crippen LogP contribution in [0.15, 0.2) is 22.8 Å². The summed E-state index contributed by atoms with van der Waals surface area (Å²) in [6.07, 6.45) is 2.00. The molecule has 0 amide bonds. The molecule has 0 aliphatic rings. The van der Waals surface area contributed by atoms with Gasteiger partial charge in [-0.1, -0.05) is 13.8 Å². The number of carboxylic acids is 1. The lowest BCUT2D eigenvalue weighted by Crippen LogP contribution is -2.35. The molecule has 1 heterocycles. The van der Waals surface area contributed by atoms with Gasteiger partial charge in [0.25, 0.3) is 0 Å². The summed E-state index contributed by atoms with van der Waals surface area (Å²) in [7, 11) is 0. The van der Waals surface area contributed by atoms with Gasteiger partial charge >= 0.3 is 5.97 Å². The Morgan fingerprint density at radius 3 is 2.64 bits per heavy atom. The van der Waals surface area contributed by atoms with Crippen molar-refractivity contribution in [3.63, 3.8) is 0 Å². The predicted molar refractivity (Wildman–Crippen MR) is 53.0 cm³/mol. The van der Waals surface area contributed by atoms with Gasteiger partial charge < -0.3 is 9.52 Å². The number of carbonyl (C=O) groups is 1. The molecule has 0 saturated heterocycles. The van der Waals surface area contributed by atoms with E-state index in [0.717, 1.165) is 5.76 Å². The molecule has 1 N–H and O–H groups in total. The van der Waals surface area contributed by atoms with Crippen LogP contribution in [0.25, 0.3) is 0 Å². The van der Waals surface area contributed by atoms with Crippen molar-refractivity contribution < 1.29 is 14.3 Å². The Hall–Kier alpha value is -1.25. The standard InChI is InChI=1S/C11H16O3/c1-8(2)11(3,10(12)13)7-9-5-4-6-14-9/h4-6,8H,7H2,1-3H3,(H,12,13). The number of hydrogen-bond acceptors (Lipinski definition) is 2. The fourth-order valence-electron chi connectivity index (χ4n) is 1.30. The van der Waals surface area contributed by atoms with Crippen LogP contribution in [0.4, 0.5) is 0 Å². The molecule has 0 aromatic carbocycles. The van der Waals surface area contributed by atoms with Gasteiger partial charge in [-0.25, -0.2) is 0 Å². The molecule has 0 bridgehead atoms. The summed E-state index contributed by atoms with van der Waals surface area (Å²) in [5.74, 6) is 0.0256. The van der Waals surface area contributed by atoms with Crippen LogP contribution < -0.4 is 0 Å². The second-order valence-corrected chi connectivity index (χ2v) is 4.13. The van der Waals surface area contributed by atoms with Crippen molar-refractivity contribution in [2.45, 2.75) is 27.2 Å². The summed E-state index contributed by atoms with van der Waals surface area (Å²) in [5.41, 5.74) is -0.752. The minimum Gasteiger partial charge on any atom is -0.481 e. The van der Waals surface area contributed by atoms with Gasteiger partial charge in [0.1, 0.15) is 5.76 Å². The predicted octanol–water partition coefficient (Wildman–Crippen LogP) is 2.57. The highest BCUT2D eigenvalue weighted by Gasteiger charge is 2.37. The van der Waals surface area contributed by atoms with Crippen LogP contribution in [0, 0.1) is 11.3 Å². The Morgan fingerprint density at radius 1 is 1.64 bits per heavy atom. The molecule has 14 heavy (non-hydrogen) atoms.